The molecule has 0 amide bonds. The van der Waals surface area contributed by atoms with Crippen molar-refractivity contribution in [3.63, 3.8) is 0 Å². The van der Waals surface area contributed by atoms with Crippen LogP contribution in [0.15, 0.2) is 24.3 Å². The average molecular weight is 273 g/mol. The summed E-state index contributed by atoms with van der Waals surface area (Å²) in [5, 5.41) is 3.30. The lowest BCUT2D eigenvalue weighted by Gasteiger charge is -2.26. The SMILES string of the molecule is O=C(COC1CCNCC1)c1cccc(C2CCC2)c1. The van der Waals surface area contributed by atoms with Gasteiger partial charge >= 0.3 is 0 Å². The summed E-state index contributed by atoms with van der Waals surface area (Å²) in [5.41, 5.74) is 2.13. The maximum absolute atomic E-state index is 12.2. The fourth-order valence-corrected chi connectivity index (χ4v) is 2.95. The zero-order valence-electron chi connectivity index (χ0n) is 11.9. The van der Waals surface area contributed by atoms with Gasteiger partial charge in [-0.1, -0.05) is 24.6 Å². The molecular formula is C17H23NO2. The first-order chi connectivity index (χ1) is 9.83. The highest BCUT2D eigenvalue weighted by molar-refractivity contribution is 5.97. The van der Waals surface area contributed by atoms with Crippen LogP contribution in [-0.2, 0) is 4.74 Å². The molecule has 0 bridgehead atoms. The molecule has 2 fully saturated rings. The molecule has 0 atom stereocenters. The normalized spacial score (nSPS) is 20.6. The summed E-state index contributed by atoms with van der Waals surface area (Å²) in [6.07, 6.45) is 6.12. The van der Waals surface area contributed by atoms with Gasteiger partial charge in [0.2, 0.25) is 0 Å². The Balaban J connectivity index is 1.55. The maximum atomic E-state index is 12.2. The van der Waals surface area contributed by atoms with Gasteiger partial charge in [-0.25, -0.2) is 0 Å². The molecule has 108 valence electrons. The second kappa shape index (κ2) is 6.51. The van der Waals surface area contributed by atoms with Crippen molar-refractivity contribution < 1.29 is 9.53 Å². The molecule has 20 heavy (non-hydrogen) atoms. The summed E-state index contributed by atoms with van der Waals surface area (Å²) >= 11 is 0. The number of ether oxygens (including phenoxy) is 1. The Labute approximate surface area is 120 Å². The van der Waals surface area contributed by atoms with Crippen LogP contribution in [0.1, 0.15) is 53.9 Å². The molecule has 0 aromatic heterocycles. The van der Waals surface area contributed by atoms with E-state index in [0.29, 0.717) is 5.92 Å². The summed E-state index contributed by atoms with van der Waals surface area (Å²) in [7, 11) is 0. The molecule has 3 rings (SSSR count). The third-order valence-electron chi connectivity index (χ3n) is 4.52. The van der Waals surface area contributed by atoms with Crippen LogP contribution < -0.4 is 5.32 Å². The predicted molar refractivity (Wildman–Crippen MR) is 79.2 cm³/mol. The van der Waals surface area contributed by atoms with Gasteiger partial charge in [0, 0.05) is 5.56 Å². The Kier molecular flexibility index (Phi) is 4.48. The molecule has 3 heteroatoms. The van der Waals surface area contributed by atoms with Crippen molar-refractivity contribution in [1.82, 2.24) is 5.32 Å². The lowest BCUT2D eigenvalue weighted by molar-refractivity contribution is 0.0317. The highest BCUT2D eigenvalue weighted by Crippen LogP contribution is 2.36. The van der Waals surface area contributed by atoms with E-state index in [1.165, 1.54) is 24.8 Å². The number of rotatable bonds is 5. The predicted octanol–water partition coefficient (Wildman–Crippen LogP) is 2.91. The van der Waals surface area contributed by atoms with E-state index in [2.05, 4.69) is 17.4 Å². The fourth-order valence-electron chi connectivity index (χ4n) is 2.95. The number of hydrogen-bond donors (Lipinski definition) is 1. The first-order valence-corrected chi connectivity index (χ1v) is 7.78. The molecular weight excluding hydrogens is 250 g/mol. The number of carbonyl (C=O) groups excluding carboxylic acids is 1. The van der Waals surface area contributed by atoms with Gasteiger partial charge in [0.25, 0.3) is 0 Å². The third-order valence-corrected chi connectivity index (χ3v) is 4.52. The fraction of sp³-hybridized carbons (Fsp3) is 0.588. The molecule has 1 aliphatic heterocycles. The summed E-state index contributed by atoms with van der Waals surface area (Å²) < 4.78 is 5.75. The van der Waals surface area contributed by atoms with Crippen LogP contribution in [0.4, 0.5) is 0 Å². The number of nitrogens with one attached hydrogen (secondary N) is 1. The minimum Gasteiger partial charge on any atom is -0.370 e. The van der Waals surface area contributed by atoms with E-state index in [1.54, 1.807) is 0 Å². The maximum Gasteiger partial charge on any atom is 0.188 e. The zero-order chi connectivity index (χ0) is 13.8. The van der Waals surface area contributed by atoms with E-state index in [-0.39, 0.29) is 18.5 Å². The number of ketones is 1. The second-order valence-electron chi connectivity index (χ2n) is 5.94. The highest BCUT2D eigenvalue weighted by Gasteiger charge is 2.21. The largest absolute Gasteiger partial charge is 0.370 e. The van der Waals surface area contributed by atoms with Crippen LogP contribution in [0.25, 0.3) is 0 Å². The molecule has 0 radical (unpaired) electrons. The Bertz CT molecular complexity index is 462. The van der Waals surface area contributed by atoms with Gasteiger partial charge < -0.3 is 10.1 Å². The van der Waals surface area contributed by atoms with Crippen molar-refractivity contribution in [3.05, 3.63) is 35.4 Å². The van der Waals surface area contributed by atoms with Gasteiger partial charge in [0.05, 0.1) is 6.10 Å². The average Bonchev–Trinajstić information content (AvgIpc) is 2.44. The molecule has 0 spiro atoms. The smallest absolute Gasteiger partial charge is 0.188 e. The third kappa shape index (κ3) is 3.28. The van der Waals surface area contributed by atoms with Gasteiger partial charge in [-0.2, -0.15) is 0 Å². The van der Waals surface area contributed by atoms with E-state index in [0.717, 1.165) is 31.5 Å². The van der Waals surface area contributed by atoms with Crippen molar-refractivity contribution in [2.24, 2.45) is 0 Å². The topological polar surface area (TPSA) is 38.3 Å². The lowest BCUT2D eigenvalue weighted by atomic mass is 9.79. The van der Waals surface area contributed by atoms with Crippen LogP contribution in [0, 0.1) is 0 Å². The van der Waals surface area contributed by atoms with Crippen LogP contribution in [0.2, 0.25) is 0 Å². The first-order valence-electron chi connectivity index (χ1n) is 7.78. The summed E-state index contributed by atoms with van der Waals surface area (Å²) in [6.45, 7) is 2.21. The minimum atomic E-state index is 0.115. The summed E-state index contributed by atoms with van der Waals surface area (Å²) in [4.78, 5) is 12.2. The molecule has 1 N–H and O–H groups in total. The molecule has 1 heterocycles. The second-order valence-corrected chi connectivity index (χ2v) is 5.94. The molecule has 3 nitrogen and oxygen atoms in total. The van der Waals surface area contributed by atoms with Crippen molar-refractivity contribution in [3.8, 4) is 0 Å². The van der Waals surface area contributed by atoms with Gasteiger partial charge in [0.1, 0.15) is 6.61 Å². The first kappa shape index (κ1) is 13.8. The van der Waals surface area contributed by atoms with E-state index in [9.17, 15) is 4.79 Å². The van der Waals surface area contributed by atoms with E-state index in [1.807, 2.05) is 12.1 Å². The zero-order valence-corrected chi connectivity index (χ0v) is 11.9. The van der Waals surface area contributed by atoms with Crippen molar-refractivity contribution in [2.75, 3.05) is 19.7 Å². The number of Topliss-reactive ketones (excluding diaryl/α,β-unsaturated/α-hetero) is 1. The summed E-state index contributed by atoms with van der Waals surface area (Å²) in [6, 6.07) is 8.13. The lowest BCUT2D eigenvalue weighted by Crippen LogP contribution is -2.33. The molecule has 1 aliphatic carbocycles. The Morgan fingerprint density at radius 3 is 2.70 bits per heavy atom. The number of hydrogen-bond acceptors (Lipinski definition) is 3. The van der Waals surface area contributed by atoms with Crippen molar-refractivity contribution in [2.45, 2.75) is 44.1 Å². The van der Waals surface area contributed by atoms with Crippen LogP contribution in [-0.4, -0.2) is 31.6 Å². The van der Waals surface area contributed by atoms with Crippen molar-refractivity contribution >= 4 is 5.78 Å². The van der Waals surface area contributed by atoms with Crippen LogP contribution in [0.5, 0.6) is 0 Å². The van der Waals surface area contributed by atoms with E-state index in [4.69, 9.17) is 4.74 Å². The Morgan fingerprint density at radius 2 is 2.00 bits per heavy atom. The molecule has 1 saturated carbocycles. The van der Waals surface area contributed by atoms with Crippen LogP contribution in [0.3, 0.4) is 0 Å². The molecule has 0 unspecified atom stereocenters. The van der Waals surface area contributed by atoms with Gasteiger partial charge in [-0.05, 0) is 56.3 Å². The summed E-state index contributed by atoms with van der Waals surface area (Å²) in [5.74, 6) is 0.790. The van der Waals surface area contributed by atoms with Gasteiger partial charge in [-0.3, -0.25) is 4.79 Å². The Hall–Kier alpha value is -1.19. The quantitative estimate of drug-likeness (QED) is 0.838. The number of benzene rings is 1. The Morgan fingerprint density at radius 1 is 1.20 bits per heavy atom. The minimum absolute atomic E-state index is 0.115. The van der Waals surface area contributed by atoms with E-state index >= 15 is 0 Å². The molecule has 1 aromatic carbocycles. The van der Waals surface area contributed by atoms with Crippen LogP contribution >= 0.6 is 0 Å². The molecule has 2 aliphatic rings. The monoisotopic (exact) mass is 273 g/mol. The number of piperidine rings is 1. The molecule has 1 aromatic rings. The van der Waals surface area contributed by atoms with E-state index < -0.39 is 0 Å². The standard InChI is InChI=1S/C17H23NO2/c19-17(12-20-16-7-9-18-10-8-16)15-6-2-5-14(11-15)13-3-1-4-13/h2,5-6,11,13,16,18H,1,3-4,7-10,12H2. The van der Waals surface area contributed by atoms with Gasteiger partial charge in [0.15, 0.2) is 5.78 Å². The highest BCUT2D eigenvalue weighted by atomic mass is 16.5. The molecule has 1 saturated heterocycles. The van der Waals surface area contributed by atoms with Gasteiger partial charge in [-0.15, -0.1) is 0 Å². The van der Waals surface area contributed by atoms with Crippen molar-refractivity contribution in [1.29, 1.82) is 0 Å². The number of carbonyl (C=O) groups is 1.